The molecule has 2 aromatic carbocycles. The first-order valence-corrected chi connectivity index (χ1v) is 10.1. The molecule has 6 nitrogen and oxygen atoms in total. The molecule has 1 aliphatic rings. The monoisotopic (exact) mass is 398 g/mol. The van der Waals surface area contributed by atoms with Gasteiger partial charge in [0.2, 0.25) is 6.79 Å². The van der Waals surface area contributed by atoms with Crippen molar-refractivity contribution in [2.75, 3.05) is 20.0 Å². The van der Waals surface area contributed by atoms with Crippen LogP contribution in [0, 0.1) is 13.8 Å². The van der Waals surface area contributed by atoms with Gasteiger partial charge in [0.25, 0.3) is 5.91 Å². The normalized spacial score (nSPS) is 13.5. The Hall–Kier alpha value is -2.64. The van der Waals surface area contributed by atoms with E-state index in [4.69, 9.17) is 14.2 Å². The predicted octanol–water partition coefficient (Wildman–Crippen LogP) is 3.83. The molecule has 1 amide bonds. The Labute approximate surface area is 167 Å². The predicted molar refractivity (Wildman–Crippen MR) is 108 cm³/mol. The highest BCUT2D eigenvalue weighted by molar-refractivity contribution is 7.16. The van der Waals surface area contributed by atoms with Crippen LogP contribution in [-0.2, 0) is 11.3 Å². The Bertz CT molecular complexity index is 1110. The lowest BCUT2D eigenvalue weighted by molar-refractivity contribution is 0.0996. The molecule has 0 atom stereocenters. The zero-order valence-electron chi connectivity index (χ0n) is 16.2. The Kier molecular flexibility index (Phi) is 5.19. The summed E-state index contributed by atoms with van der Waals surface area (Å²) >= 11 is 1.53. The quantitative estimate of drug-likeness (QED) is 0.613. The van der Waals surface area contributed by atoms with Crippen LogP contribution >= 0.6 is 11.3 Å². The van der Waals surface area contributed by atoms with Crippen LogP contribution in [0.1, 0.15) is 28.4 Å². The SMILES string of the molecule is CCOCCn1c(=NC(=O)c2ccc3c(c2)OCO3)sc2c(C)cc(C)cc21. The average Bonchev–Trinajstić information content (AvgIpc) is 3.26. The first-order valence-electron chi connectivity index (χ1n) is 9.24. The Morgan fingerprint density at radius 3 is 2.86 bits per heavy atom. The number of benzene rings is 2. The van der Waals surface area contributed by atoms with Gasteiger partial charge in [0.1, 0.15) is 0 Å². The second kappa shape index (κ2) is 7.77. The van der Waals surface area contributed by atoms with Crippen molar-refractivity contribution >= 4 is 27.5 Å². The first-order chi connectivity index (χ1) is 13.6. The standard InChI is InChI=1S/C21H22N2O4S/c1-4-25-8-7-23-16-10-13(2)9-14(3)19(16)28-21(23)22-20(24)15-5-6-17-18(11-15)27-12-26-17/h5-6,9-11H,4,7-8,12H2,1-3H3. The summed E-state index contributed by atoms with van der Waals surface area (Å²) in [4.78, 5) is 17.9. The summed E-state index contributed by atoms with van der Waals surface area (Å²) in [6, 6.07) is 9.42. The van der Waals surface area contributed by atoms with E-state index in [2.05, 4.69) is 35.5 Å². The summed E-state index contributed by atoms with van der Waals surface area (Å²) < 4.78 is 19.4. The van der Waals surface area contributed by atoms with Gasteiger partial charge < -0.3 is 18.8 Å². The Morgan fingerprint density at radius 2 is 2.04 bits per heavy atom. The van der Waals surface area contributed by atoms with Crippen LogP contribution < -0.4 is 14.3 Å². The number of rotatable bonds is 5. The van der Waals surface area contributed by atoms with E-state index in [1.165, 1.54) is 22.5 Å². The molecule has 0 unspecified atom stereocenters. The van der Waals surface area contributed by atoms with Gasteiger partial charge in [-0.25, -0.2) is 0 Å². The maximum atomic E-state index is 12.8. The van der Waals surface area contributed by atoms with E-state index in [1.54, 1.807) is 18.2 Å². The number of thiazole rings is 1. The van der Waals surface area contributed by atoms with E-state index >= 15 is 0 Å². The maximum Gasteiger partial charge on any atom is 0.279 e. The number of carbonyl (C=O) groups excluding carboxylic acids is 1. The topological polar surface area (TPSA) is 62.1 Å². The molecule has 1 aromatic heterocycles. The number of nitrogens with zero attached hydrogens (tertiary/aromatic N) is 2. The highest BCUT2D eigenvalue weighted by Gasteiger charge is 2.17. The number of fused-ring (bicyclic) bond motifs is 2. The average molecular weight is 398 g/mol. The van der Waals surface area contributed by atoms with Crippen molar-refractivity contribution in [3.63, 3.8) is 0 Å². The second-order valence-corrected chi connectivity index (χ2v) is 7.63. The van der Waals surface area contributed by atoms with E-state index in [9.17, 15) is 4.79 Å². The summed E-state index contributed by atoms with van der Waals surface area (Å²) in [6.07, 6.45) is 0. The lowest BCUT2D eigenvalue weighted by Gasteiger charge is -2.07. The zero-order valence-corrected chi connectivity index (χ0v) is 17.0. The number of amides is 1. The van der Waals surface area contributed by atoms with Gasteiger partial charge in [-0.3, -0.25) is 4.79 Å². The minimum absolute atomic E-state index is 0.177. The second-order valence-electron chi connectivity index (χ2n) is 6.65. The Morgan fingerprint density at radius 1 is 1.21 bits per heavy atom. The van der Waals surface area contributed by atoms with Gasteiger partial charge >= 0.3 is 0 Å². The highest BCUT2D eigenvalue weighted by atomic mass is 32.1. The molecule has 3 aromatic rings. The van der Waals surface area contributed by atoms with Crippen LogP contribution in [0.5, 0.6) is 11.5 Å². The summed E-state index contributed by atoms with van der Waals surface area (Å²) in [6.45, 7) is 8.18. The van der Waals surface area contributed by atoms with Crippen molar-refractivity contribution in [3.05, 3.63) is 51.8 Å². The van der Waals surface area contributed by atoms with Gasteiger partial charge in [0, 0.05) is 18.7 Å². The molecule has 7 heteroatoms. The molecule has 0 spiro atoms. The van der Waals surface area contributed by atoms with Crippen molar-refractivity contribution in [3.8, 4) is 11.5 Å². The van der Waals surface area contributed by atoms with E-state index in [-0.39, 0.29) is 12.7 Å². The van der Waals surface area contributed by atoms with Crippen LogP contribution in [0.25, 0.3) is 10.2 Å². The fourth-order valence-corrected chi connectivity index (χ4v) is 4.40. The summed E-state index contributed by atoms with van der Waals surface area (Å²) in [5.41, 5.74) is 3.93. The van der Waals surface area contributed by atoms with Gasteiger partial charge in [-0.15, -0.1) is 0 Å². The lowest BCUT2D eigenvalue weighted by atomic mass is 10.1. The van der Waals surface area contributed by atoms with Crippen LogP contribution in [0.15, 0.2) is 35.3 Å². The van der Waals surface area contributed by atoms with Gasteiger partial charge in [0.15, 0.2) is 16.3 Å². The molecule has 2 heterocycles. The van der Waals surface area contributed by atoms with E-state index in [0.29, 0.717) is 41.6 Å². The third-order valence-electron chi connectivity index (χ3n) is 4.59. The fraction of sp³-hybridized carbons (Fsp3) is 0.333. The molecule has 146 valence electrons. The van der Waals surface area contributed by atoms with Crippen molar-refractivity contribution in [1.82, 2.24) is 4.57 Å². The molecular weight excluding hydrogens is 376 g/mol. The van der Waals surface area contributed by atoms with Crippen LogP contribution in [0.3, 0.4) is 0 Å². The first kappa shape index (κ1) is 18.7. The van der Waals surface area contributed by atoms with Crippen molar-refractivity contribution in [2.45, 2.75) is 27.3 Å². The van der Waals surface area contributed by atoms with E-state index in [0.717, 1.165) is 10.2 Å². The molecular formula is C21H22N2O4S. The summed E-state index contributed by atoms with van der Waals surface area (Å²) in [5.74, 6) is 0.925. The number of ether oxygens (including phenoxy) is 3. The van der Waals surface area contributed by atoms with Crippen molar-refractivity contribution in [1.29, 1.82) is 0 Å². The Balaban J connectivity index is 1.78. The van der Waals surface area contributed by atoms with Crippen LogP contribution in [0.2, 0.25) is 0 Å². The minimum Gasteiger partial charge on any atom is -0.454 e. The molecule has 4 rings (SSSR count). The highest BCUT2D eigenvalue weighted by Crippen LogP contribution is 2.32. The van der Waals surface area contributed by atoms with Crippen molar-refractivity contribution in [2.24, 2.45) is 4.99 Å². The molecule has 28 heavy (non-hydrogen) atoms. The summed E-state index contributed by atoms with van der Waals surface area (Å²) in [5, 5.41) is 0. The van der Waals surface area contributed by atoms with Crippen LogP contribution in [0.4, 0.5) is 0 Å². The van der Waals surface area contributed by atoms with E-state index in [1.807, 2.05) is 6.92 Å². The van der Waals surface area contributed by atoms with Gasteiger partial charge in [-0.05, 0) is 56.2 Å². The lowest BCUT2D eigenvalue weighted by Crippen LogP contribution is -2.19. The smallest absolute Gasteiger partial charge is 0.279 e. The van der Waals surface area contributed by atoms with Gasteiger partial charge in [-0.1, -0.05) is 17.4 Å². The number of aromatic nitrogens is 1. The zero-order chi connectivity index (χ0) is 19.7. The number of hydrogen-bond acceptors (Lipinski definition) is 5. The molecule has 0 saturated carbocycles. The summed E-state index contributed by atoms with van der Waals surface area (Å²) in [7, 11) is 0. The molecule has 0 saturated heterocycles. The minimum atomic E-state index is -0.301. The molecule has 0 aliphatic carbocycles. The third-order valence-corrected chi connectivity index (χ3v) is 5.82. The van der Waals surface area contributed by atoms with Gasteiger partial charge in [-0.2, -0.15) is 4.99 Å². The molecule has 1 aliphatic heterocycles. The number of hydrogen-bond donors (Lipinski definition) is 0. The van der Waals surface area contributed by atoms with Gasteiger partial charge in [0.05, 0.1) is 16.8 Å². The van der Waals surface area contributed by atoms with Crippen LogP contribution in [-0.4, -0.2) is 30.5 Å². The maximum absolute atomic E-state index is 12.8. The third kappa shape index (κ3) is 3.55. The number of aryl methyl sites for hydroxylation is 2. The fourth-order valence-electron chi connectivity index (χ4n) is 3.30. The molecule has 0 fully saturated rings. The molecule has 0 radical (unpaired) electrons. The number of carbonyl (C=O) groups is 1. The molecule has 0 bridgehead atoms. The largest absolute Gasteiger partial charge is 0.454 e. The molecule has 0 N–H and O–H groups in total. The van der Waals surface area contributed by atoms with Crippen molar-refractivity contribution < 1.29 is 19.0 Å². The van der Waals surface area contributed by atoms with E-state index < -0.39 is 0 Å².